The molecule has 0 spiro atoms. The average molecular weight is 584 g/mol. The van der Waals surface area contributed by atoms with Gasteiger partial charge in [-0.1, -0.05) is 26.0 Å². The lowest BCUT2D eigenvalue weighted by atomic mass is 9.98. The van der Waals surface area contributed by atoms with Crippen LogP contribution < -0.4 is 24.8 Å². The molecule has 11 heteroatoms. The standard InChI is InChI=1S/C31H41N3O8/c1-6-19-8-9-26(40-3)21(12-19)15-29(36)32-23(7-2)31(39)33-24(16-30(37)38)25(35)18-34-11-10-20-13-27(41-4)28(42-5)14-22(20)17-34/h8-9,12-14,23-24H,6-7,10-11,15-18H2,1-5H3,(H,32,36)(H,33,39)(H,37,38). The summed E-state index contributed by atoms with van der Waals surface area (Å²) in [5.74, 6) is -0.832. The van der Waals surface area contributed by atoms with Crippen molar-refractivity contribution in [2.24, 2.45) is 0 Å². The van der Waals surface area contributed by atoms with Gasteiger partial charge in [-0.3, -0.25) is 24.1 Å². The Hall–Kier alpha value is -4.12. The molecule has 3 N–H and O–H groups in total. The molecule has 1 heterocycles. The van der Waals surface area contributed by atoms with Gasteiger partial charge < -0.3 is 30.0 Å². The van der Waals surface area contributed by atoms with Crippen molar-refractivity contribution in [3.05, 3.63) is 52.6 Å². The maximum atomic E-state index is 13.3. The van der Waals surface area contributed by atoms with E-state index in [4.69, 9.17) is 14.2 Å². The number of carbonyl (C=O) groups is 4. The van der Waals surface area contributed by atoms with E-state index >= 15 is 0 Å². The first-order valence-electron chi connectivity index (χ1n) is 14.1. The van der Waals surface area contributed by atoms with E-state index in [1.165, 1.54) is 7.11 Å². The lowest BCUT2D eigenvalue weighted by Gasteiger charge is -2.30. The third kappa shape index (κ3) is 8.45. The second kappa shape index (κ2) is 15.2. The number of hydrogen-bond acceptors (Lipinski definition) is 8. The molecule has 2 aromatic rings. The summed E-state index contributed by atoms with van der Waals surface area (Å²) in [6.45, 7) is 4.74. The normalized spacial score (nSPS) is 14.2. The average Bonchev–Trinajstić information content (AvgIpc) is 2.98. The van der Waals surface area contributed by atoms with Crippen LogP contribution in [0.15, 0.2) is 30.3 Å². The molecule has 2 aromatic carbocycles. The summed E-state index contributed by atoms with van der Waals surface area (Å²) in [6, 6.07) is 7.26. The summed E-state index contributed by atoms with van der Waals surface area (Å²) in [7, 11) is 4.66. The van der Waals surface area contributed by atoms with Crippen LogP contribution in [-0.4, -0.2) is 80.1 Å². The molecule has 0 fully saturated rings. The van der Waals surface area contributed by atoms with Crippen LogP contribution in [0.1, 0.15) is 48.9 Å². The van der Waals surface area contributed by atoms with E-state index in [0.717, 1.165) is 23.1 Å². The topological polar surface area (TPSA) is 144 Å². The molecule has 0 radical (unpaired) electrons. The van der Waals surface area contributed by atoms with E-state index in [9.17, 15) is 24.3 Å². The number of benzene rings is 2. The zero-order valence-electron chi connectivity index (χ0n) is 25.0. The Morgan fingerprint density at radius 1 is 0.905 bits per heavy atom. The molecule has 0 aliphatic carbocycles. The lowest BCUT2D eigenvalue weighted by molar-refractivity contribution is -0.141. The number of methoxy groups -OCH3 is 3. The van der Waals surface area contributed by atoms with Crippen LogP contribution in [0, 0.1) is 0 Å². The molecule has 11 nitrogen and oxygen atoms in total. The zero-order chi connectivity index (χ0) is 30.8. The van der Waals surface area contributed by atoms with E-state index in [1.54, 1.807) is 21.1 Å². The van der Waals surface area contributed by atoms with Crippen molar-refractivity contribution >= 4 is 23.6 Å². The maximum Gasteiger partial charge on any atom is 0.305 e. The minimum Gasteiger partial charge on any atom is -0.496 e. The van der Waals surface area contributed by atoms with Crippen molar-refractivity contribution in [3.63, 3.8) is 0 Å². The molecule has 0 saturated heterocycles. The van der Waals surface area contributed by atoms with E-state index in [2.05, 4.69) is 10.6 Å². The van der Waals surface area contributed by atoms with Gasteiger partial charge in [0.25, 0.3) is 0 Å². The molecule has 2 unspecified atom stereocenters. The molecule has 228 valence electrons. The van der Waals surface area contributed by atoms with E-state index in [-0.39, 0.29) is 25.3 Å². The molecule has 2 amide bonds. The predicted octanol–water partition coefficient (Wildman–Crippen LogP) is 2.30. The highest BCUT2D eigenvalue weighted by molar-refractivity contribution is 5.95. The Morgan fingerprint density at radius 3 is 2.17 bits per heavy atom. The SMILES string of the molecule is CCc1ccc(OC)c(CC(=O)NC(CC)C(=O)NC(CC(=O)O)C(=O)CN2CCc3cc(OC)c(OC)cc3C2)c1. The fourth-order valence-corrected chi connectivity index (χ4v) is 5.06. The first-order chi connectivity index (χ1) is 20.1. The molecule has 3 rings (SSSR count). The summed E-state index contributed by atoms with van der Waals surface area (Å²) >= 11 is 0. The number of carbonyl (C=O) groups excluding carboxylic acids is 3. The fraction of sp³-hybridized carbons (Fsp3) is 0.484. The summed E-state index contributed by atoms with van der Waals surface area (Å²) in [5.41, 5.74) is 3.82. The minimum atomic E-state index is -1.24. The first-order valence-corrected chi connectivity index (χ1v) is 14.1. The van der Waals surface area contributed by atoms with E-state index < -0.39 is 36.2 Å². The summed E-state index contributed by atoms with van der Waals surface area (Å²) in [5, 5.41) is 14.8. The van der Waals surface area contributed by atoms with Gasteiger partial charge in [0, 0.05) is 18.7 Å². The quantitative estimate of drug-likeness (QED) is 0.288. The number of amides is 2. The highest BCUT2D eigenvalue weighted by Gasteiger charge is 2.30. The number of Topliss-reactive ketones (excluding diaryl/α,β-unsaturated/α-hetero) is 1. The molecular formula is C31H41N3O8. The van der Waals surface area contributed by atoms with E-state index in [0.29, 0.717) is 42.3 Å². The number of ketones is 1. The van der Waals surface area contributed by atoms with Gasteiger partial charge >= 0.3 is 5.97 Å². The van der Waals surface area contributed by atoms with Crippen LogP contribution in [-0.2, 0) is 45.0 Å². The van der Waals surface area contributed by atoms with Gasteiger partial charge in [0.15, 0.2) is 17.3 Å². The number of hydrogen-bond donors (Lipinski definition) is 3. The third-order valence-corrected chi connectivity index (χ3v) is 7.42. The van der Waals surface area contributed by atoms with Gasteiger partial charge in [0.05, 0.1) is 46.8 Å². The second-order valence-electron chi connectivity index (χ2n) is 10.3. The van der Waals surface area contributed by atoms with E-state index in [1.807, 2.05) is 42.2 Å². The predicted molar refractivity (Wildman–Crippen MR) is 156 cm³/mol. The number of fused-ring (bicyclic) bond motifs is 1. The van der Waals surface area contributed by atoms with Crippen LogP contribution >= 0.6 is 0 Å². The van der Waals surface area contributed by atoms with Gasteiger partial charge in [-0.05, 0) is 54.2 Å². The minimum absolute atomic E-state index is 0.00533. The fourth-order valence-electron chi connectivity index (χ4n) is 5.06. The number of carboxylic acids is 1. The van der Waals surface area contributed by atoms with Crippen molar-refractivity contribution in [1.82, 2.24) is 15.5 Å². The molecule has 1 aliphatic heterocycles. The van der Waals surface area contributed by atoms with Gasteiger partial charge in [-0.15, -0.1) is 0 Å². The monoisotopic (exact) mass is 583 g/mol. The van der Waals surface area contributed by atoms with Crippen molar-refractivity contribution in [1.29, 1.82) is 0 Å². The Balaban J connectivity index is 1.65. The molecule has 42 heavy (non-hydrogen) atoms. The van der Waals surface area contributed by atoms with Gasteiger partial charge in [0.2, 0.25) is 11.8 Å². The molecule has 0 saturated carbocycles. The van der Waals surface area contributed by atoms with Crippen LogP contribution in [0.4, 0.5) is 0 Å². The first kappa shape index (κ1) is 32.4. The third-order valence-electron chi connectivity index (χ3n) is 7.42. The van der Waals surface area contributed by atoms with Crippen LogP contribution in [0.2, 0.25) is 0 Å². The molecule has 1 aliphatic rings. The van der Waals surface area contributed by atoms with Gasteiger partial charge in [-0.25, -0.2) is 0 Å². The molecular weight excluding hydrogens is 542 g/mol. The Bertz CT molecular complexity index is 1300. The molecule has 2 atom stereocenters. The van der Waals surface area contributed by atoms with Crippen LogP contribution in [0.3, 0.4) is 0 Å². The van der Waals surface area contributed by atoms with Crippen LogP contribution in [0.5, 0.6) is 17.2 Å². The van der Waals surface area contributed by atoms with Crippen molar-refractivity contribution < 1.29 is 38.5 Å². The Labute approximate surface area is 246 Å². The second-order valence-corrected chi connectivity index (χ2v) is 10.3. The number of nitrogens with zero attached hydrogens (tertiary/aromatic N) is 1. The highest BCUT2D eigenvalue weighted by atomic mass is 16.5. The Morgan fingerprint density at radius 2 is 1.57 bits per heavy atom. The van der Waals surface area contributed by atoms with Crippen LogP contribution in [0.25, 0.3) is 0 Å². The molecule has 0 bridgehead atoms. The lowest BCUT2D eigenvalue weighted by Crippen LogP contribution is -2.53. The zero-order valence-corrected chi connectivity index (χ0v) is 25.0. The smallest absolute Gasteiger partial charge is 0.305 e. The number of carboxylic acid groups (broad SMARTS) is 1. The number of ether oxygens (including phenoxy) is 3. The summed E-state index contributed by atoms with van der Waals surface area (Å²) in [4.78, 5) is 52.8. The number of aliphatic carboxylic acids is 1. The van der Waals surface area contributed by atoms with Crippen molar-refractivity contribution in [3.8, 4) is 17.2 Å². The van der Waals surface area contributed by atoms with Crippen molar-refractivity contribution in [2.75, 3.05) is 34.4 Å². The van der Waals surface area contributed by atoms with Gasteiger partial charge in [-0.2, -0.15) is 0 Å². The summed E-state index contributed by atoms with van der Waals surface area (Å²) in [6.07, 6.45) is 1.17. The number of rotatable bonds is 15. The number of nitrogens with one attached hydrogen (secondary N) is 2. The van der Waals surface area contributed by atoms with Crippen molar-refractivity contribution in [2.45, 2.75) is 64.6 Å². The summed E-state index contributed by atoms with van der Waals surface area (Å²) < 4.78 is 16.2. The maximum absolute atomic E-state index is 13.3. The highest BCUT2D eigenvalue weighted by Crippen LogP contribution is 2.33. The Kier molecular flexibility index (Phi) is 11.7. The van der Waals surface area contributed by atoms with Gasteiger partial charge in [0.1, 0.15) is 11.8 Å². The largest absolute Gasteiger partial charge is 0.496 e. The number of aryl methyl sites for hydroxylation is 1. The molecule has 0 aromatic heterocycles.